The first-order valence-corrected chi connectivity index (χ1v) is 8.32. The molecule has 2 aromatic rings. The van der Waals surface area contributed by atoms with E-state index in [4.69, 9.17) is 4.74 Å². The van der Waals surface area contributed by atoms with Crippen LogP contribution >= 0.6 is 15.9 Å². The van der Waals surface area contributed by atoms with E-state index in [9.17, 15) is 4.79 Å². The maximum Gasteiger partial charge on any atom is 0.262 e. The van der Waals surface area contributed by atoms with Crippen molar-refractivity contribution in [2.45, 2.75) is 19.8 Å². The van der Waals surface area contributed by atoms with E-state index in [1.54, 1.807) is 0 Å². The van der Waals surface area contributed by atoms with Crippen LogP contribution in [0, 0.1) is 0 Å². The highest BCUT2D eigenvalue weighted by atomic mass is 79.9. The van der Waals surface area contributed by atoms with Gasteiger partial charge in [-0.25, -0.2) is 0 Å². The van der Waals surface area contributed by atoms with Gasteiger partial charge in [0.1, 0.15) is 5.75 Å². The zero-order valence-corrected chi connectivity index (χ0v) is 14.1. The molecule has 0 aliphatic carbocycles. The lowest BCUT2D eigenvalue weighted by molar-refractivity contribution is 0.0981. The third-order valence-electron chi connectivity index (χ3n) is 3.83. The van der Waals surface area contributed by atoms with Gasteiger partial charge in [0, 0.05) is 16.7 Å². The van der Waals surface area contributed by atoms with E-state index in [1.807, 2.05) is 48.2 Å². The van der Waals surface area contributed by atoms with Gasteiger partial charge in [0.25, 0.3) is 5.91 Å². The number of nitrogens with zero attached hydrogens (tertiary/aromatic N) is 1. The smallest absolute Gasteiger partial charge is 0.262 e. The fraction of sp³-hybridized carbons (Fsp3) is 0.278. The summed E-state index contributed by atoms with van der Waals surface area (Å²) in [7, 11) is 0. The van der Waals surface area contributed by atoms with Gasteiger partial charge in [-0.1, -0.05) is 34.1 Å². The van der Waals surface area contributed by atoms with Gasteiger partial charge in [-0.2, -0.15) is 0 Å². The molecular formula is C18H18BrNO2. The van der Waals surface area contributed by atoms with Crippen LogP contribution in [0.1, 0.15) is 29.3 Å². The standard InChI is InChI=1S/C18H18BrNO2/c1-2-22-17-10-9-14(19)12-15(17)18(21)20-11-5-7-13-6-3-4-8-16(13)20/h3-4,6,8-10,12H,2,5,7,11H2,1H3. The summed E-state index contributed by atoms with van der Waals surface area (Å²) in [6, 6.07) is 13.7. The predicted molar refractivity (Wildman–Crippen MR) is 91.8 cm³/mol. The topological polar surface area (TPSA) is 29.5 Å². The number of rotatable bonds is 3. The Kier molecular flexibility index (Phi) is 4.48. The highest BCUT2D eigenvalue weighted by Crippen LogP contribution is 2.31. The molecule has 0 fully saturated rings. The van der Waals surface area contributed by atoms with E-state index in [1.165, 1.54) is 5.56 Å². The zero-order chi connectivity index (χ0) is 15.5. The van der Waals surface area contributed by atoms with Gasteiger partial charge in [0.15, 0.2) is 0 Å². The number of carbonyl (C=O) groups excluding carboxylic acids is 1. The summed E-state index contributed by atoms with van der Waals surface area (Å²) in [6.07, 6.45) is 2.01. The van der Waals surface area contributed by atoms with E-state index >= 15 is 0 Å². The third kappa shape index (κ3) is 2.88. The Balaban J connectivity index is 2.00. The lowest BCUT2D eigenvalue weighted by Crippen LogP contribution is -2.35. The van der Waals surface area contributed by atoms with Crippen molar-refractivity contribution in [1.29, 1.82) is 0 Å². The van der Waals surface area contributed by atoms with E-state index in [0.717, 1.165) is 29.5 Å². The maximum absolute atomic E-state index is 13.0. The number of aryl methyl sites for hydroxylation is 1. The largest absolute Gasteiger partial charge is 0.493 e. The summed E-state index contributed by atoms with van der Waals surface area (Å²) < 4.78 is 6.50. The second kappa shape index (κ2) is 6.53. The number of para-hydroxylation sites is 1. The lowest BCUT2D eigenvalue weighted by Gasteiger charge is -2.30. The summed E-state index contributed by atoms with van der Waals surface area (Å²) >= 11 is 3.45. The first-order chi connectivity index (χ1) is 10.7. The molecule has 0 N–H and O–H groups in total. The Morgan fingerprint density at radius 2 is 2.09 bits per heavy atom. The molecule has 0 atom stereocenters. The number of amides is 1. The average Bonchev–Trinajstić information content (AvgIpc) is 2.55. The van der Waals surface area contributed by atoms with Crippen molar-refractivity contribution < 1.29 is 9.53 Å². The predicted octanol–water partition coefficient (Wildman–Crippen LogP) is 4.44. The number of halogens is 1. The summed E-state index contributed by atoms with van der Waals surface area (Å²) in [5, 5.41) is 0. The van der Waals surface area contributed by atoms with Crippen LogP contribution < -0.4 is 9.64 Å². The van der Waals surface area contributed by atoms with Gasteiger partial charge in [-0.05, 0) is 49.6 Å². The molecule has 2 aromatic carbocycles. The molecule has 0 unspecified atom stereocenters. The average molecular weight is 360 g/mol. The molecule has 0 saturated heterocycles. The Morgan fingerprint density at radius 3 is 2.91 bits per heavy atom. The fourth-order valence-corrected chi connectivity index (χ4v) is 3.20. The van der Waals surface area contributed by atoms with Crippen LogP contribution in [0.5, 0.6) is 5.75 Å². The van der Waals surface area contributed by atoms with Crippen molar-refractivity contribution in [3.63, 3.8) is 0 Å². The van der Waals surface area contributed by atoms with Gasteiger partial charge in [-0.3, -0.25) is 4.79 Å². The molecule has 114 valence electrons. The summed E-state index contributed by atoms with van der Waals surface area (Å²) in [4.78, 5) is 14.9. The molecule has 1 aliphatic rings. The van der Waals surface area contributed by atoms with E-state index in [2.05, 4.69) is 22.0 Å². The van der Waals surface area contributed by atoms with E-state index in [0.29, 0.717) is 17.9 Å². The molecule has 1 heterocycles. The number of fused-ring (bicyclic) bond motifs is 1. The van der Waals surface area contributed by atoms with Gasteiger partial charge in [0.05, 0.1) is 12.2 Å². The molecule has 3 nitrogen and oxygen atoms in total. The number of anilines is 1. The van der Waals surface area contributed by atoms with Crippen LogP contribution in [0.4, 0.5) is 5.69 Å². The molecule has 0 saturated carbocycles. The first-order valence-electron chi connectivity index (χ1n) is 7.53. The minimum absolute atomic E-state index is 0.00287. The molecule has 3 rings (SSSR count). The normalized spacial score (nSPS) is 13.6. The van der Waals surface area contributed by atoms with Crippen LogP contribution in [0.3, 0.4) is 0 Å². The number of carbonyl (C=O) groups is 1. The Morgan fingerprint density at radius 1 is 1.27 bits per heavy atom. The number of benzene rings is 2. The van der Waals surface area contributed by atoms with Gasteiger partial charge in [-0.15, -0.1) is 0 Å². The van der Waals surface area contributed by atoms with Crippen LogP contribution in [-0.2, 0) is 6.42 Å². The van der Waals surface area contributed by atoms with Gasteiger partial charge in [0.2, 0.25) is 0 Å². The van der Waals surface area contributed by atoms with Gasteiger partial charge < -0.3 is 9.64 Å². The summed E-state index contributed by atoms with van der Waals surface area (Å²) in [6.45, 7) is 3.21. The third-order valence-corrected chi connectivity index (χ3v) is 4.32. The second-order valence-electron chi connectivity index (χ2n) is 5.26. The molecular weight excluding hydrogens is 342 g/mol. The molecule has 4 heteroatoms. The van der Waals surface area contributed by atoms with E-state index < -0.39 is 0 Å². The minimum atomic E-state index is -0.00287. The molecule has 22 heavy (non-hydrogen) atoms. The molecule has 0 aromatic heterocycles. The van der Waals surface area contributed by atoms with Crippen molar-refractivity contribution in [2.24, 2.45) is 0 Å². The number of hydrogen-bond acceptors (Lipinski definition) is 2. The highest BCUT2D eigenvalue weighted by Gasteiger charge is 2.25. The Bertz CT molecular complexity index is 699. The zero-order valence-electron chi connectivity index (χ0n) is 12.5. The highest BCUT2D eigenvalue weighted by molar-refractivity contribution is 9.10. The Hall–Kier alpha value is -1.81. The second-order valence-corrected chi connectivity index (χ2v) is 6.18. The van der Waals surface area contributed by atoms with Crippen molar-refractivity contribution in [1.82, 2.24) is 0 Å². The van der Waals surface area contributed by atoms with Crippen molar-refractivity contribution in [2.75, 3.05) is 18.1 Å². The van der Waals surface area contributed by atoms with Crippen LogP contribution in [0.2, 0.25) is 0 Å². The van der Waals surface area contributed by atoms with Gasteiger partial charge >= 0.3 is 0 Å². The van der Waals surface area contributed by atoms with Crippen molar-refractivity contribution >= 4 is 27.5 Å². The quantitative estimate of drug-likeness (QED) is 0.810. The molecule has 0 spiro atoms. The van der Waals surface area contributed by atoms with E-state index in [-0.39, 0.29) is 5.91 Å². The van der Waals surface area contributed by atoms with Crippen LogP contribution in [0.25, 0.3) is 0 Å². The van der Waals surface area contributed by atoms with Crippen molar-refractivity contribution in [3.05, 3.63) is 58.1 Å². The number of ether oxygens (including phenoxy) is 1. The fourth-order valence-electron chi connectivity index (χ4n) is 2.84. The summed E-state index contributed by atoms with van der Waals surface area (Å²) in [5.74, 6) is 0.635. The van der Waals surface area contributed by atoms with Crippen LogP contribution in [0.15, 0.2) is 46.9 Å². The molecule has 0 bridgehead atoms. The summed E-state index contributed by atoms with van der Waals surface area (Å²) in [5.41, 5.74) is 2.85. The minimum Gasteiger partial charge on any atom is -0.493 e. The van der Waals surface area contributed by atoms with Crippen molar-refractivity contribution in [3.8, 4) is 5.75 Å². The monoisotopic (exact) mass is 359 g/mol. The molecule has 1 amide bonds. The van der Waals surface area contributed by atoms with Crippen LogP contribution in [-0.4, -0.2) is 19.1 Å². The molecule has 0 radical (unpaired) electrons. The SMILES string of the molecule is CCOc1ccc(Br)cc1C(=O)N1CCCc2ccccc21. The number of hydrogen-bond donors (Lipinski definition) is 0. The Labute approximate surface area is 139 Å². The lowest BCUT2D eigenvalue weighted by atomic mass is 10.0. The maximum atomic E-state index is 13.0. The first kappa shape index (κ1) is 15.1. The molecule has 1 aliphatic heterocycles.